The Morgan fingerprint density at radius 1 is 1.13 bits per heavy atom. The summed E-state index contributed by atoms with van der Waals surface area (Å²) in [6.07, 6.45) is 4.88. The fourth-order valence-electron chi connectivity index (χ4n) is 4.54. The molecule has 0 spiro atoms. The molecule has 1 saturated carbocycles. The van der Waals surface area contributed by atoms with Gasteiger partial charge in [0.05, 0.1) is 23.7 Å². The van der Waals surface area contributed by atoms with Crippen LogP contribution in [0.4, 0.5) is 5.82 Å². The summed E-state index contributed by atoms with van der Waals surface area (Å²) in [6, 6.07) is 12.2. The number of aliphatic hydroxyl groups excluding tert-OH is 1. The fraction of sp³-hybridized carbons (Fsp3) is 0.318. The fourth-order valence-corrected chi connectivity index (χ4v) is 4.71. The quantitative estimate of drug-likeness (QED) is 0.413. The highest BCUT2D eigenvalue weighted by molar-refractivity contribution is 6.29. The molecule has 31 heavy (non-hydrogen) atoms. The van der Waals surface area contributed by atoms with E-state index in [9.17, 15) is 5.11 Å². The number of aliphatic hydroxyl groups is 1. The first kappa shape index (κ1) is 20.0. The van der Waals surface area contributed by atoms with Crippen LogP contribution in [0.1, 0.15) is 24.4 Å². The normalized spacial score (nSPS) is 21.2. The maximum Gasteiger partial charge on any atom is 0.226 e. The first-order chi connectivity index (χ1) is 15.0. The summed E-state index contributed by atoms with van der Waals surface area (Å²) in [5, 5.41) is 16.0. The summed E-state index contributed by atoms with van der Waals surface area (Å²) < 4.78 is 3.94. The number of nitrogens with zero attached hydrogens (tertiary/aromatic N) is 5. The molecule has 0 amide bonds. The van der Waals surface area contributed by atoms with E-state index in [1.807, 2.05) is 45.9 Å². The second-order valence-electron chi connectivity index (χ2n) is 8.10. The molecule has 0 bridgehead atoms. The van der Waals surface area contributed by atoms with Gasteiger partial charge in [-0.2, -0.15) is 10.1 Å². The van der Waals surface area contributed by atoms with Crippen LogP contribution in [0.2, 0.25) is 5.28 Å². The summed E-state index contributed by atoms with van der Waals surface area (Å²) in [4.78, 5) is 8.63. The van der Waals surface area contributed by atoms with E-state index in [-0.39, 0.29) is 17.2 Å². The van der Waals surface area contributed by atoms with Gasteiger partial charge >= 0.3 is 0 Å². The van der Waals surface area contributed by atoms with Gasteiger partial charge in [-0.15, -0.1) is 0 Å². The van der Waals surface area contributed by atoms with Crippen LogP contribution in [-0.2, 0) is 6.54 Å². The van der Waals surface area contributed by atoms with E-state index in [4.69, 9.17) is 28.2 Å². The van der Waals surface area contributed by atoms with Gasteiger partial charge in [-0.1, -0.05) is 30.3 Å². The zero-order chi connectivity index (χ0) is 21.5. The smallest absolute Gasteiger partial charge is 0.226 e. The summed E-state index contributed by atoms with van der Waals surface area (Å²) in [6.45, 7) is 1.12. The molecule has 8 nitrogen and oxygen atoms in total. The molecule has 3 atom stereocenters. The number of nitrogen functional groups attached to an aromatic ring is 1. The van der Waals surface area contributed by atoms with Crippen LogP contribution < -0.4 is 11.5 Å². The van der Waals surface area contributed by atoms with Crippen LogP contribution in [0, 0.1) is 5.92 Å². The highest BCUT2D eigenvalue weighted by Crippen LogP contribution is 2.40. The van der Waals surface area contributed by atoms with Gasteiger partial charge in [0, 0.05) is 24.0 Å². The molecule has 1 aliphatic rings. The second-order valence-corrected chi connectivity index (χ2v) is 8.44. The van der Waals surface area contributed by atoms with Crippen molar-refractivity contribution in [1.29, 1.82) is 0 Å². The summed E-state index contributed by atoms with van der Waals surface area (Å²) in [5.41, 5.74) is 15.6. The Kier molecular flexibility index (Phi) is 5.13. The van der Waals surface area contributed by atoms with Crippen molar-refractivity contribution in [3.05, 3.63) is 59.6 Å². The zero-order valence-corrected chi connectivity index (χ0v) is 17.7. The third-order valence-electron chi connectivity index (χ3n) is 6.11. The second kappa shape index (κ2) is 7.96. The number of hydrogen-bond acceptors (Lipinski definition) is 6. The van der Waals surface area contributed by atoms with Gasteiger partial charge in [-0.05, 0) is 48.5 Å². The minimum absolute atomic E-state index is 0.0524. The van der Waals surface area contributed by atoms with Crippen molar-refractivity contribution in [1.82, 2.24) is 24.3 Å². The first-order valence-corrected chi connectivity index (χ1v) is 10.7. The average Bonchev–Trinajstić information content (AvgIpc) is 3.45. The Bertz CT molecular complexity index is 1220. The minimum Gasteiger partial charge on any atom is -0.393 e. The lowest BCUT2D eigenvalue weighted by Crippen LogP contribution is -2.21. The standard InChI is InChI=1S/C22H24ClN7O/c23-22-26-20(25)19-16(17-6-7-29(28-17)11-13-4-2-1-3-5-13)12-30(21(19)27-22)15-8-14(10-24)18(31)9-15/h1-7,12,14-15,18,31H,8-11,24H2,(H2,25,26,27)/t14-,15?,18+/m1/s1. The predicted octanol–water partition coefficient (Wildman–Crippen LogP) is 2.85. The zero-order valence-electron chi connectivity index (χ0n) is 16.9. The molecule has 1 aromatic carbocycles. The third-order valence-corrected chi connectivity index (χ3v) is 6.27. The molecule has 4 aromatic rings. The van der Waals surface area contributed by atoms with E-state index in [0.29, 0.717) is 31.0 Å². The van der Waals surface area contributed by atoms with E-state index >= 15 is 0 Å². The van der Waals surface area contributed by atoms with Crippen molar-refractivity contribution < 1.29 is 5.11 Å². The van der Waals surface area contributed by atoms with Crippen molar-refractivity contribution in [3.63, 3.8) is 0 Å². The molecule has 3 aromatic heterocycles. The van der Waals surface area contributed by atoms with Gasteiger partial charge in [0.2, 0.25) is 5.28 Å². The van der Waals surface area contributed by atoms with Crippen LogP contribution >= 0.6 is 11.6 Å². The van der Waals surface area contributed by atoms with E-state index in [1.165, 1.54) is 5.56 Å². The number of rotatable bonds is 5. The minimum atomic E-state index is -0.435. The Hall–Kier alpha value is -2.94. The predicted molar refractivity (Wildman–Crippen MR) is 121 cm³/mol. The average molecular weight is 438 g/mol. The van der Waals surface area contributed by atoms with Gasteiger partial charge in [0.25, 0.3) is 0 Å². The van der Waals surface area contributed by atoms with Gasteiger partial charge in [0.1, 0.15) is 11.5 Å². The largest absolute Gasteiger partial charge is 0.393 e. The molecule has 0 aliphatic heterocycles. The van der Waals surface area contributed by atoms with Crippen molar-refractivity contribution in [2.75, 3.05) is 12.3 Å². The molecule has 5 rings (SSSR count). The molecule has 3 heterocycles. The lowest BCUT2D eigenvalue weighted by atomic mass is 10.1. The molecule has 1 fully saturated rings. The summed E-state index contributed by atoms with van der Waals surface area (Å²) in [5.74, 6) is 0.376. The third kappa shape index (κ3) is 3.67. The Morgan fingerprint density at radius 3 is 2.68 bits per heavy atom. The SMILES string of the molecule is NC[C@H]1CC(n2cc(-c3ccn(Cc4ccccc4)n3)c3c(N)nc(Cl)nc32)C[C@@H]1O. The molecule has 1 aliphatic carbocycles. The van der Waals surface area contributed by atoms with E-state index in [0.717, 1.165) is 23.1 Å². The maximum atomic E-state index is 10.4. The molecule has 0 saturated heterocycles. The Labute approximate surface area is 184 Å². The summed E-state index contributed by atoms with van der Waals surface area (Å²) >= 11 is 6.13. The van der Waals surface area contributed by atoms with Crippen LogP contribution in [-0.4, -0.2) is 42.1 Å². The monoisotopic (exact) mass is 437 g/mol. The molecule has 160 valence electrons. The van der Waals surface area contributed by atoms with Crippen molar-refractivity contribution in [3.8, 4) is 11.3 Å². The summed E-state index contributed by atoms with van der Waals surface area (Å²) in [7, 11) is 0. The first-order valence-electron chi connectivity index (χ1n) is 10.3. The molecule has 0 radical (unpaired) electrons. The number of aromatic nitrogens is 5. The highest BCUT2D eigenvalue weighted by atomic mass is 35.5. The number of nitrogens with two attached hydrogens (primary N) is 2. The lowest BCUT2D eigenvalue weighted by molar-refractivity contribution is 0.135. The van der Waals surface area contributed by atoms with Gasteiger partial charge < -0.3 is 21.1 Å². The van der Waals surface area contributed by atoms with Gasteiger partial charge in [-0.25, -0.2) is 4.98 Å². The van der Waals surface area contributed by atoms with Crippen LogP contribution in [0.25, 0.3) is 22.3 Å². The molecule has 1 unspecified atom stereocenters. The van der Waals surface area contributed by atoms with E-state index < -0.39 is 6.10 Å². The number of benzene rings is 1. The van der Waals surface area contributed by atoms with Crippen molar-refractivity contribution in [2.45, 2.75) is 31.5 Å². The Balaban J connectivity index is 1.57. The van der Waals surface area contributed by atoms with Crippen LogP contribution in [0.5, 0.6) is 0 Å². The molecule has 5 N–H and O–H groups in total. The van der Waals surface area contributed by atoms with Gasteiger partial charge in [0.15, 0.2) is 0 Å². The number of anilines is 1. The van der Waals surface area contributed by atoms with E-state index in [2.05, 4.69) is 22.1 Å². The molecular formula is C22H24ClN7O. The van der Waals surface area contributed by atoms with Crippen LogP contribution in [0.15, 0.2) is 48.8 Å². The van der Waals surface area contributed by atoms with Gasteiger partial charge in [-0.3, -0.25) is 4.68 Å². The Morgan fingerprint density at radius 2 is 1.94 bits per heavy atom. The van der Waals surface area contributed by atoms with Crippen molar-refractivity contribution in [2.24, 2.45) is 11.7 Å². The molecular weight excluding hydrogens is 414 g/mol. The maximum absolute atomic E-state index is 10.4. The number of hydrogen-bond donors (Lipinski definition) is 3. The topological polar surface area (TPSA) is 121 Å². The van der Waals surface area contributed by atoms with E-state index in [1.54, 1.807) is 0 Å². The lowest BCUT2D eigenvalue weighted by Gasteiger charge is -2.13. The molecule has 9 heteroatoms. The number of fused-ring (bicyclic) bond motifs is 1. The highest BCUT2D eigenvalue weighted by Gasteiger charge is 2.34. The van der Waals surface area contributed by atoms with Crippen molar-refractivity contribution >= 4 is 28.5 Å². The number of halogens is 1. The van der Waals surface area contributed by atoms with Crippen LogP contribution in [0.3, 0.4) is 0 Å².